The Hall–Kier alpha value is -1.37. The van der Waals surface area contributed by atoms with Gasteiger partial charge < -0.3 is 10.0 Å². The number of hydrogen-bond acceptors (Lipinski definition) is 2. The maximum Gasteiger partial charge on any atom is 0.138 e. The molecule has 17 heavy (non-hydrogen) atoms. The van der Waals surface area contributed by atoms with Gasteiger partial charge in [-0.2, -0.15) is 0 Å². The Bertz CT molecular complexity index is 420. The van der Waals surface area contributed by atoms with E-state index in [2.05, 4.69) is 23.7 Å². The summed E-state index contributed by atoms with van der Waals surface area (Å²) in [7, 11) is 2.03. The van der Waals surface area contributed by atoms with Crippen LogP contribution in [0, 0.1) is 17.7 Å². The molecule has 0 spiro atoms. The molecule has 3 heteroatoms. The first kappa shape index (κ1) is 13.7. The topological polar surface area (TPSA) is 23.5 Å². The monoisotopic (exact) mass is 235 g/mol. The van der Waals surface area contributed by atoms with Crippen molar-refractivity contribution < 1.29 is 9.50 Å². The van der Waals surface area contributed by atoms with E-state index in [0.717, 1.165) is 25.1 Å². The first-order valence-electron chi connectivity index (χ1n) is 5.74. The second-order valence-electron chi connectivity index (χ2n) is 4.01. The van der Waals surface area contributed by atoms with Crippen molar-refractivity contribution in [2.75, 3.05) is 20.2 Å². The summed E-state index contributed by atoms with van der Waals surface area (Å²) in [5.41, 5.74) is 1.38. The van der Waals surface area contributed by atoms with E-state index in [1.165, 1.54) is 6.07 Å². The molecule has 2 nitrogen and oxygen atoms in total. The summed E-state index contributed by atoms with van der Waals surface area (Å²) in [6.07, 6.45) is 1.09. The van der Waals surface area contributed by atoms with Crippen molar-refractivity contribution in [1.29, 1.82) is 0 Å². The molecule has 0 radical (unpaired) electrons. The molecule has 1 N–H and O–H groups in total. The summed E-state index contributed by atoms with van der Waals surface area (Å²) in [6, 6.07) is 4.94. The van der Waals surface area contributed by atoms with Crippen molar-refractivity contribution >= 4 is 0 Å². The van der Waals surface area contributed by atoms with Crippen molar-refractivity contribution in [2.45, 2.75) is 19.9 Å². The Balaban J connectivity index is 2.81. The number of rotatable bonds is 4. The summed E-state index contributed by atoms with van der Waals surface area (Å²) in [5.74, 6) is 4.74. The highest BCUT2D eigenvalue weighted by Crippen LogP contribution is 2.11. The highest BCUT2D eigenvalue weighted by molar-refractivity contribution is 5.38. The Morgan fingerprint density at radius 3 is 2.82 bits per heavy atom. The minimum atomic E-state index is -0.340. The van der Waals surface area contributed by atoms with Crippen molar-refractivity contribution in [3.05, 3.63) is 35.1 Å². The molecule has 1 rings (SSSR count). The molecular formula is C14H18FNO. The molecule has 0 unspecified atom stereocenters. The lowest BCUT2D eigenvalue weighted by Crippen LogP contribution is -2.18. The van der Waals surface area contributed by atoms with E-state index < -0.39 is 0 Å². The van der Waals surface area contributed by atoms with Crippen molar-refractivity contribution in [2.24, 2.45) is 0 Å². The molecular weight excluding hydrogens is 217 g/mol. The number of aliphatic hydroxyl groups excluding tert-OH is 1. The second kappa shape index (κ2) is 7.05. The lowest BCUT2D eigenvalue weighted by atomic mass is 10.1. The Morgan fingerprint density at radius 1 is 1.41 bits per heavy atom. The molecule has 0 saturated carbocycles. The molecule has 0 saturated heterocycles. The van der Waals surface area contributed by atoms with Crippen LogP contribution in [0.4, 0.5) is 4.39 Å². The predicted octanol–water partition coefficient (Wildman–Crippen LogP) is 2.01. The van der Waals surface area contributed by atoms with Crippen molar-refractivity contribution in [3.63, 3.8) is 0 Å². The van der Waals surface area contributed by atoms with Gasteiger partial charge in [-0.1, -0.05) is 24.8 Å². The molecule has 0 atom stereocenters. The summed E-state index contributed by atoms with van der Waals surface area (Å²) in [4.78, 5) is 2.18. The second-order valence-corrected chi connectivity index (χ2v) is 4.01. The van der Waals surface area contributed by atoms with Crippen molar-refractivity contribution in [3.8, 4) is 11.8 Å². The number of benzene rings is 1. The van der Waals surface area contributed by atoms with Crippen LogP contribution in [0.5, 0.6) is 0 Å². The van der Waals surface area contributed by atoms with Gasteiger partial charge >= 0.3 is 0 Å². The smallest absolute Gasteiger partial charge is 0.138 e. The number of aliphatic hydroxyl groups is 1. The Labute approximate surface area is 102 Å². The Morgan fingerprint density at radius 2 is 2.18 bits per heavy atom. The first-order chi connectivity index (χ1) is 8.17. The maximum absolute atomic E-state index is 13.4. The van der Waals surface area contributed by atoms with Gasteiger partial charge in [0.05, 0.1) is 5.56 Å². The van der Waals surface area contributed by atoms with Gasteiger partial charge in [0.25, 0.3) is 0 Å². The van der Waals surface area contributed by atoms with Crippen molar-refractivity contribution in [1.82, 2.24) is 4.90 Å². The molecule has 0 bridgehead atoms. The molecule has 0 fully saturated rings. The van der Waals surface area contributed by atoms with E-state index in [-0.39, 0.29) is 12.4 Å². The van der Waals surface area contributed by atoms with Crippen LogP contribution < -0.4 is 0 Å². The van der Waals surface area contributed by atoms with Crippen LogP contribution in [0.15, 0.2) is 18.2 Å². The van der Waals surface area contributed by atoms with Crippen LogP contribution in [0.3, 0.4) is 0 Å². The van der Waals surface area contributed by atoms with Crippen LogP contribution in [-0.4, -0.2) is 30.2 Å². The van der Waals surface area contributed by atoms with Gasteiger partial charge in [0.1, 0.15) is 12.4 Å². The zero-order chi connectivity index (χ0) is 12.7. The molecule has 0 aromatic heterocycles. The van der Waals surface area contributed by atoms with Crippen LogP contribution in [0.25, 0.3) is 0 Å². The molecule has 0 amide bonds. The van der Waals surface area contributed by atoms with E-state index in [1.807, 2.05) is 7.05 Å². The predicted molar refractivity (Wildman–Crippen MR) is 67.0 cm³/mol. The quantitative estimate of drug-likeness (QED) is 0.807. The van der Waals surface area contributed by atoms with Crippen LogP contribution in [-0.2, 0) is 6.54 Å². The third kappa shape index (κ3) is 4.56. The minimum Gasteiger partial charge on any atom is -0.384 e. The van der Waals surface area contributed by atoms with Crippen LogP contribution in [0.2, 0.25) is 0 Å². The third-order valence-electron chi connectivity index (χ3n) is 2.39. The highest BCUT2D eigenvalue weighted by atomic mass is 19.1. The molecule has 0 aliphatic carbocycles. The number of hydrogen-bond donors (Lipinski definition) is 1. The standard InChI is InChI=1S/C14H18FNO/c1-3-8-16(2)11-12-6-7-14(15)13(10-12)5-4-9-17/h6-7,10,17H,3,8-9,11H2,1-2H3. The summed E-state index contributed by atoms with van der Waals surface area (Å²) in [5, 5.41) is 8.60. The van der Waals surface area contributed by atoms with Crippen LogP contribution >= 0.6 is 0 Å². The fourth-order valence-electron chi connectivity index (χ4n) is 1.67. The van der Waals surface area contributed by atoms with E-state index in [9.17, 15) is 4.39 Å². The fourth-order valence-corrected chi connectivity index (χ4v) is 1.67. The lowest BCUT2D eigenvalue weighted by molar-refractivity contribution is 0.327. The zero-order valence-electron chi connectivity index (χ0n) is 10.3. The van der Waals surface area contributed by atoms with Gasteiger partial charge in [-0.3, -0.25) is 0 Å². The van der Waals surface area contributed by atoms with Gasteiger partial charge in [-0.15, -0.1) is 0 Å². The maximum atomic E-state index is 13.4. The van der Waals surface area contributed by atoms with E-state index in [1.54, 1.807) is 12.1 Å². The minimum absolute atomic E-state index is 0.251. The lowest BCUT2D eigenvalue weighted by Gasteiger charge is -2.15. The largest absolute Gasteiger partial charge is 0.384 e. The third-order valence-corrected chi connectivity index (χ3v) is 2.39. The van der Waals surface area contributed by atoms with Gasteiger partial charge in [0.15, 0.2) is 0 Å². The molecule has 0 aliphatic rings. The van der Waals surface area contributed by atoms with Gasteiger partial charge in [-0.25, -0.2) is 4.39 Å². The normalized spacial score (nSPS) is 10.2. The van der Waals surface area contributed by atoms with E-state index in [4.69, 9.17) is 5.11 Å². The molecule has 92 valence electrons. The molecule has 1 aromatic rings. The summed E-state index contributed by atoms with van der Waals surface area (Å²) in [6.45, 7) is 3.66. The number of halogens is 1. The Kier molecular flexibility index (Phi) is 5.68. The van der Waals surface area contributed by atoms with Gasteiger partial charge in [0, 0.05) is 6.54 Å². The van der Waals surface area contributed by atoms with E-state index >= 15 is 0 Å². The van der Waals surface area contributed by atoms with Gasteiger partial charge in [0.2, 0.25) is 0 Å². The highest BCUT2D eigenvalue weighted by Gasteiger charge is 2.03. The average molecular weight is 235 g/mol. The first-order valence-corrected chi connectivity index (χ1v) is 5.74. The average Bonchev–Trinajstić information content (AvgIpc) is 2.30. The van der Waals surface area contributed by atoms with E-state index in [0.29, 0.717) is 5.56 Å². The zero-order valence-corrected chi connectivity index (χ0v) is 10.3. The number of nitrogens with zero attached hydrogens (tertiary/aromatic N) is 1. The van der Waals surface area contributed by atoms with Crippen LogP contribution in [0.1, 0.15) is 24.5 Å². The summed E-state index contributed by atoms with van der Waals surface area (Å²) >= 11 is 0. The molecule has 0 heterocycles. The summed E-state index contributed by atoms with van der Waals surface area (Å²) < 4.78 is 13.4. The van der Waals surface area contributed by atoms with Gasteiger partial charge in [-0.05, 0) is 37.7 Å². The SMILES string of the molecule is CCCN(C)Cc1ccc(F)c(C#CCO)c1. The molecule has 1 aromatic carbocycles. The molecule has 0 aliphatic heterocycles. The fraction of sp³-hybridized carbons (Fsp3) is 0.429.